The van der Waals surface area contributed by atoms with E-state index in [1.54, 1.807) is 0 Å². The van der Waals surface area contributed by atoms with E-state index in [1.165, 1.54) is 12.8 Å². The minimum absolute atomic E-state index is 0.461. The van der Waals surface area contributed by atoms with Crippen LogP contribution in [0.15, 0.2) is 12.7 Å². The van der Waals surface area contributed by atoms with Crippen LogP contribution in [0.25, 0.3) is 0 Å². The third kappa shape index (κ3) is 1.20. The molecule has 2 heteroatoms. The van der Waals surface area contributed by atoms with Crippen molar-refractivity contribution < 1.29 is 4.79 Å². The van der Waals surface area contributed by atoms with Crippen LogP contribution in [0.1, 0.15) is 25.7 Å². The molecule has 0 aromatic heterocycles. The molecule has 2 atom stereocenters. The number of Topliss-reactive ketones (excluding diaryl/α,β-unsaturated/α-hetero) is 1. The van der Waals surface area contributed by atoms with Crippen LogP contribution in [0.3, 0.4) is 0 Å². The topological polar surface area (TPSA) is 20.3 Å². The lowest BCUT2D eigenvalue weighted by Crippen LogP contribution is -2.42. The molecule has 2 bridgehead atoms. The first-order chi connectivity index (χ1) is 5.81. The number of hydrogen-bond acceptors (Lipinski definition) is 2. The fraction of sp³-hybridized carbons (Fsp3) is 0.700. The van der Waals surface area contributed by atoms with Gasteiger partial charge in [-0.05, 0) is 12.8 Å². The summed E-state index contributed by atoms with van der Waals surface area (Å²) in [5.74, 6) is 0.461. The summed E-state index contributed by atoms with van der Waals surface area (Å²) < 4.78 is 0. The first-order valence-corrected chi connectivity index (χ1v) is 4.69. The Bertz CT molecular complexity index is 196. The van der Waals surface area contributed by atoms with E-state index in [4.69, 9.17) is 0 Å². The van der Waals surface area contributed by atoms with Gasteiger partial charge in [0.2, 0.25) is 0 Å². The van der Waals surface area contributed by atoms with Gasteiger partial charge in [0.05, 0.1) is 0 Å². The van der Waals surface area contributed by atoms with Crippen molar-refractivity contribution in [3.63, 3.8) is 0 Å². The quantitative estimate of drug-likeness (QED) is 0.576. The second-order valence-electron chi connectivity index (χ2n) is 3.82. The second-order valence-corrected chi connectivity index (χ2v) is 3.82. The number of piperidine rings is 1. The molecule has 2 rings (SSSR count). The SMILES string of the molecule is C=CCN1[C@H]2CC[C@H]1CC(=O)C2. The number of hydrogen-bond donors (Lipinski definition) is 0. The number of ketones is 1. The van der Waals surface area contributed by atoms with Crippen molar-refractivity contribution in [1.82, 2.24) is 4.90 Å². The summed E-state index contributed by atoms with van der Waals surface area (Å²) in [4.78, 5) is 13.7. The van der Waals surface area contributed by atoms with E-state index in [-0.39, 0.29) is 0 Å². The van der Waals surface area contributed by atoms with Crippen molar-refractivity contribution in [2.45, 2.75) is 37.8 Å². The molecule has 0 aromatic carbocycles. The fourth-order valence-electron chi connectivity index (χ4n) is 2.51. The van der Waals surface area contributed by atoms with Crippen LogP contribution in [-0.2, 0) is 4.79 Å². The van der Waals surface area contributed by atoms with Gasteiger partial charge in [0.1, 0.15) is 5.78 Å². The van der Waals surface area contributed by atoms with Crippen molar-refractivity contribution in [1.29, 1.82) is 0 Å². The molecule has 2 saturated heterocycles. The summed E-state index contributed by atoms with van der Waals surface area (Å²) in [5.41, 5.74) is 0. The molecule has 0 amide bonds. The van der Waals surface area contributed by atoms with Gasteiger partial charge in [-0.1, -0.05) is 6.08 Å². The third-order valence-electron chi connectivity index (χ3n) is 3.04. The van der Waals surface area contributed by atoms with Gasteiger partial charge in [-0.3, -0.25) is 9.69 Å². The first kappa shape index (κ1) is 7.99. The Balaban J connectivity index is 2.08. The van der Waals surface area contributed by atoms with Crippen LogP contribution in [-0.4, -0.2) is 29.3 Å². The first-order valence-electron chi connectivity index (χ1n) is 4.69. The van der Waals surface area contributed by atoms with Crippen LogP contribution in [0, 0.1) is 0 Å². The highest BCUT2D eigenvalue weighted by atomic mass is 16.1. The molecular formula is C10H15NO. The Morgan fingerprint density at radius 2 is 2.00 bits per heavy atom. The standard InChI is InChI=1S/C10H15NO/c1-2-5-11-8-3-4-9(11)7-10(12)6-8/h2,8-9H,1,3-7H2/t8-,9-/m0/s1. The number of carbonyl (C=O) groups excluding carboxylic acids is 1. The molecule has 0 N–H and O–H groups in total. The smallest absolute Gasteiger partial charge is 0.136 e. The molecule has 66 valence electrons. The normalized spacial score (nSPS) is 35.5. The van der Waals surface area contributed by atoms with E-state index in [1.807, 2.05) is 6.08 Å². The molecule has 12 heavy (non-hydrogen) atoms. The van der Waals surface area contributed by atoms with Gasteiger partial charge in [0, 0.05) is 31.5 Å². The zero-order valence-electron chi connectivity index (χ0n) is 7.33. The van der Waals surface area contributed by atoms with Gasteiger partial charge in [-0.25, -0.2) is 0 Å². The fourth-order valence-corrected chi connectivity index (χ4v) is 2.51. The Morgan fingerprint density at radius 1 is 1.42 bits per heavy atom. The van der Waals surface area contributed by atoms with E-state index in [9.17, 15) is 4.79 Å². The maximum absolute atomic E-state index is 11.2. The van der Waals surface area contributed by atoms with Crippen LogP contribution in [0.5, 0.6) is 0 Å². The van der Waals surface area contributed by atoms with Crippen LogP contribution in [0.2, 0.25) is 0 Å². The van der Waals surface area contributed by atoms with Gasteiger partial charge in [-0.15, -0.1) is 6.58 Å². The molecule has 0 aromatic rings. The molecule has 0 saturated carbocycles. The van der Waals surface area contributed by atoms with Crippen molar-refractivity contribution in [2.24, 2.45) is 0 Å². The Kier molecular flexibility index (Phi) is 2.01. The Labute approximate surface area is 73.2 Å². The third-order valence-corrected chi connectivity index (χ3v) is 3.04. The van der Waals surface area contributed by atoms with Crippen molar-refractivity contribution in [2.75, 3.05) is 6.54 Å². The lowest BCUT2D eigenvalue weighted by molar-refractivity contribution is -0.123. The second kappa shape index (κ2) is 3.02. The maximum atomic E-state index is 11.2. The summed E-state index contributed by atoms with van der Waals surface area (Å²) in [6, 6.07) is 1.07. The zero-order valence-corrected chi connectivity index (χ0v) is 7.33. The van der Waals surface area contributed by atoms with Gasteiger partial charge >= 0.3 is 0 Å². The summed E-state index contributed by atoms with van der Waals surface area (Å²) in [7, 11) is 0. The number of nitrogens with zero attached hydrogens (tertiary/aromatic N) is 1. The number of fused-ring (bicyclic) bond motifs is 2. The lowest BCUT2D eigenvalue weighted by atomic mass is 10.0. The minimum atomic E-state index is 0.461. The molecule has 2 nitrogen and oxygen atoms in total. The molecule has 2 fully saturated rings. The van der Waals surface area contributed by atoms with E-state index >= 15 is 0 Å². The monoisotopic (exact) mass is 165 g/mol. The maximum Gasteiger partial charge on any atom is 0.136 e. The van der Waals surface area contributed by atoms with Gasteiger partial charge in [-0.2, -0.15) is 0 Å². The highest BCUT2D eigenvalue weighted by Crippen LogP contribution is 2.33. The van der Waals surface area contributed by atoms with Crippen LogP contribution >= 0.6 is 0 Å². The molecule has 0 aliphatic carbocycles. The average molecular weight is 165 g/mol. The van der Waals surface area contributed by atoms with Crippen molar-refractivity contribution in [3.8, 4) is 0 Å². The molecule has 0 radical (unpaired) electrons. The number of rotatable bonds is 2. The Hall–Kier alpha value is -0.630. The summed E-state index contributed by atoms with van der Waals surface area (Å²) >= 11 is 0. The summed E-state index contributed by atoms with van der Waals surface area (Å²) in [5, 5.41) is 0. The predicted octanol–water partition coefficient (Wildman–Crippen LogP) is 1.37. The highest BCUT2D eigenvalue weighted by molar-refractivity contribution is 5.80. The Morgan fingerprint density at radius 3 is 2.50 bits per heavy atom. The summed E-state index contributed by atoms with van der Waals surface area (Å²) in [6.07, 6.45) is 5.93. The van der Waals surface area contributed by atoms with Gasteiger partial charge < -0.3 is 0 Å². The van der Waals surface area contributed by atoms with E-state index in [2.05, 4.69) is 11.5 Å². The van der Waals surface area contributed by atoms with Gasteiger partial charge in [0.25, 0.3) is 0 Å². The minimum Gasteiger partial charge on any atom is -0.300 e. The summed E-state index contributed by atoms with van der Waals surface area (Å²) in [6.45, 7) is 4.70. The number of carbonyl (C=O) groups is 1. The predicted molar refractivity (Wildman–Crippen MR) is 48.0 cm³/mol. The molecule has 2 heterocycles. The molecule has 2 aliphatic heterocycles. The van der Waals surface area contributed by atoms with Crippen molar-refractivity contribution in [3.05, 3.63) is 12.7 Å². The molecule has 0 unspecified atom stereocenters. The van der Waals surface area contributed by atoms with Crippen LogP contribution < -0.4 is 0 Å². The van der Waals surface area contributed by atoms with Crippen molar-refractivity contribution >= 4 is 5.78 Å². The largest absolute Gasteiger partial charge is 0.300 e. The molecule has 2 aliphatic rings. The lowest BCUT2D eigenvalue weighted by Gasteiger charge is -2.32. The van der Waals surface area contributed by atoms with Crippen LogP contribution in [0.4, 0.5) is 0 Å². The van der Waals surface area contributed by atoms with E-state index in [0.29, 0.717) is 17.9 Å². The molecular weight excluding hydrogens is 150 g/mol. The zero-order chi connectivity index (χ0) is 8.55. The van der Waals surface area contributed by atoms with E-state index < -0.39 is 0 Å². The van der Waals surface area contributed by atoms with E-state index in [0.717, 1.165) is 19.4 Å². The van der Waals surface area contributed by atoms with Gasteiger partial charge in [0.15, 0.2) is 0 Å². The highest BCUT2D eigenvalue weighted by Gasteiger charge is 2.38. The average Bonchev–Trinajstić information content (AvgIpc) is 2.32. The molecule has 0 spiro atoms.